The highest BCUT2D eigenvalue weighted by Crippen LogP contribution is 2.57. The molecule has 1 unspecified atom stereocenters. The molecule has 1 aromatic carbocycles. The van der Waals surface area contributed by atoms with Crippen molar-refractivity contribution >= 4 is 23.4 Å². The Morgan fingerprint density at radius 1 is 0.946 bits per heavy atom. The molecule has 37 heavy (non-hydrogen) atoms. The fraction of sp³-hybridized carbons (Fsp3) is 0.552. The van der Waals surface area contributed by atoms with E-state index < -0.39 is 34.6 Å². The van der Waals surface area contributed by atoms with E-state index in [2.05, 4.69) is 0 Å². The van der Waals surface area contributed by atoms with E-state index in [1.807, 2.05) is 82.3 Å². The molecule has 0 aromatic heterocycles. The van der Waals surface area contributed by atoms with Gasteiger partial charge in [0, 0.05) is 37.5 Å². The normalized spacial score (nSPS) is 33.4. The largest absolute Gasteiger partial charge is 0.396 e. The van der Waals surface area contributed by atoms with Crippen molar-refractivity contribution in [2.75, 3.05) is 31.1 Å². The molecule has 5 atom stereocenters. The van der Waals surface area contributed by atoms with Crippen LogP contribution in [0.5, 0.6) is 0 Å². The first-order valence-corrected chi connectivity index (χ1v) is 13.2. The van der Waals surface area contributed by atoms with Gasteiger partial charge in [0.15, 0.2) is 0 Å². The number of aliphatic hydroxyl groups excluding tert-OH is 1. The van der Waals surface area contributed by atoms with Gasteiger partial charge in [0.05, 0.1) is 17.4 Å². The third-order valence-corrected chi connectivity index (χ3v) is 8.24. The summed E-state index contributed by atoms with van der Waals surface area (Å²) in [5.74, 6) is -2.21. The lowest BCUT2D eigenvalue weighted by atomic mass is 9.74. The molecule has 8 heteroatoms. The average Bonchev–Trinajstić information content (AvgIpc) is 3.10. The van der Waals surface area contributed by atoms with E-state index in [-0.39, 0.29) is 24.3 Å². The van der Waals surface area contributed by atoms with E-state index in [9.17, 15) is 19.5 Å². The molecule has 5 rings (SSSR count). The van der Waals surface area contributed by atoms with Crippen LogP contribution in [0, 0.1) is 11.8 Å². The Kier molecular flexibility index (Phi) is 6.31. The summed E-state index contributed by atoms with van der Waals surface area (Å²) in [6.07, 6.45) is 8.69. The number of hydrogen-bond donors (Lipinski definition) is 1. The number of fused-ring (bicyclic) bond motifs is 2. The standard InChI is InChI=1S/C29H37N3O5/c1-27(2,3)32-18-11-15-29-22(25(35)31(16-8-9-19-33)23(29)26(32)36)21-24(34)30(20-12-6-5-7-13-20)17-10-14-28(21,4)37-29/h5-7,10-15,21-23,33H,8-9,16-19H2,1-4H3/t21-,22+,23?,28+,29+/m1/s1. The lowest BCUT2D eigenvalue weighted by Crippen LogP contribution is -2.59. The molecule has 4 aliphatic rings. The van der Waals surface area contributed by atoms with E-state index >= 15 is 0 Å². The van der Waals surface area contributed by atoms with Crippen LogP contribution in [0.4, 0.5) is 5.69 Å². The second kappa shape index (κ2) is 9.10. The predicted molar refractivity (Wildman–Crippen MR) is 140 cm³/mol. The van der Waals surface area contributed by atoms with Crippen LogP contribution >= 0.6 is 0 Å². The summed E-state index contributed by atoms with van der Waals surface area (Å²) in [5, 5.41) is 9.36. The van der Waals surface area contributed by atoms with E-state index in [0.29, 0.717) is 32.5 Å². The molecular weight excluding hydrogens is 470 g/mol. The zero-order valence-corrected chi connectivity index (χ0v) is 22.1. The molecular formula is C29H37N3O5. The van der Waals surface area contributed by atoms with Gasteiger partial charge >= 0.3 is 0 Å². The fourth-order valence-corrected chi connectivity index (χ4v) is 6.60. The Morgan fingerprint density at radius 3 is 2.32 bits per heavy atom. The van der Waals surface area contributed by atoms with Crippen LogP contribution in [0.15, 0.2) is 54.6 Å². The number of anilines is 1. The molecule has 3 amide bonds. The Bertz CT molecular complexity index is 1140. The minimum Gasteiger partial charge on any atom is -0.396 e. The first-order chi connectivity index (χ1) is 17.5. The van der Waals surface area contributed by atoms with Gasteiger partial charge in [0.2, 0.25) is 17.7 Å². The summed E-state index contributed by atoms with van der Waals surface area (Å²) in [7, 11) is 0. The number of benzene rings is 1. The highest BCUT2D eigenvalue weighted by Gasteiger charge is 2.74. The van der Waals surface area contributed by atoms with Crippen LogP contribution in [-0.4, -0.2) is 81.7 Å². The summed E-state index contributed by atoms with van der Waals surface area (Å²) in [5.41, 5.74) is -2.00. The maximum Gasteiger partial charge on any atom is 0.249 e. The van der Waals surface area contributed by atoms with Crippen molar-refractivity contribution < 1.29 is 24.2 Å². The molecule has 4 heterocycles. The number of likely N-dealkylation sites (tertiary alicyclic amines) is 1. The number of amides is 3. The second-order valence-corrected chi connectivity index (χ2v) is 11.7. The SMILES string of the molecule is CC(C)(C)N1CC=C[C@]23O[C@@]4(C)C=CCN(c5ccccc5)C(=O)[C@H]4[C@H]2C(=O)N(CCCCO)C3C1=O. The van der Waals surface area contributed by atoms with Crippen LogP contribution in [0.2, 0.25) is 0 Å². The van der Waals surface area contributed by atoms with E-state index in [1.165, 1.54) is 0 Å². The predicted octanol–water partition coefficient (Wildman–Crippen LogP) is 2.53. The minimum atomic E-state index is -1.26. The number of ether oxygens (including phenoxy) is 1. The van der Waals surface area contributed by atoms with Gasteiger partial charge in [-0.2, -0.15) is 0 Å². The van der Waals surface area contributed by atoms with Crippen LogP contribution in [0.3, 0.4) is 0 Å². The molecule has 2 fully saturated rings. The lowest BCUT2D eigenvalue weighted by molar-refractivity contribution is -0.154. The minimum absolute atomic E-state index is 0.00967. The molecule has 8 nitrogen and oxygen atoms in total. The first kappa shape index (κ1) is 25.7. The topological polar surface area (TPSA) is 90.4 Å². The van der Waals surface area contributed by atoms with Crippen molar-refractivity contribution in [3.05, 3.63) is 54.6 Å². The highest BCUT2D eigenvalue weighted by atomic mass is 16.5. The van der Waals surface area contributed by atoms with Crippen molar-refractivity contribution in [1.82, 2.24) is 9.80 Å². The molecule has 1 N–H and O–H groups in total. The molecule has 2 saturated heterocycles. The third-order valence-electron chi connectivity index (χ3n) is 8.24. The summed E-state index contributed by atoms with van der Waals surface area (Å²) in [6.45, 7) is 8.90. The summed E-state index contributed by atoms with van der Waals surface area (Å²) >= 11 is 0. The monoisotopic (exact) mass is 507 g/mol. The second-order valence-electron chi connectivity index (χ2n) is 11.7. The van der Waals surface area contributed by atoms with Gasteiger partial charge in [0.25, 0.3) is 0 Å². The summed E-state index contributed by atoms with van der Waals surface area (Å²) in [6, 6.07) is 8.56. The number of hydrogen-bond acceptors (Lipinski definition) is 5. The number of aliphatic hydroxyl groups is 1. The Labute approximate surface area is 218 Å². The van der Waals surface area contributed by atoms with Crippen molar-refractivity contribution in [2.24, 2.45) is 11.8 Å². The number of carbonyl (C=O) groups is 3. The number of para-hydroxylation sites is 1. The third kappa shape index (κ3) is 3.92. The summed E-state index contributed by atoms with van der Waals surface area (Å²) < 4.78 is 6.84. The molecule has 4 aliphatic heterocycles. The average molecular weight is 508 g/mol. The van der Waals surface area contributed by atoms with Gasteiger partial charge < -0.3 is 24.5 Å². The number of nitrogens with zero attached hydrogens (tertiary/aromatic N) is 3. The molecule has 0 bridgehead atoms. The van der Waals surface area contributed by atoms with Crippen molar-refractivity contribution in [1.29, 1.82) is 0 Å². The van der Waals surface area contributed by atoms with Crippen LogP contribution in [0.25, 0.3) is 0 Å². The Morgan fingerprint density at radius 2 is 1.65 bits per heavy atom. The van der Waals surface area contributed by atoms with Gasteiger partial charge in [-0.15, -0.1) is 0 Å². The van der Waals surface area contributed by atoms with E-state index in [0.717, 1.165) is 5.69 Å². The molecule has 198 valence electrons. The van der Waals surface area contributed by atoms with Gasteiger partial charge in [-0.3, -0.25) is 14.4 Å². The number of unbranched alkanes of at least 4 members (excludes halogenated alkanes) is 1. The van der Waals surface area contributed by atoms with Crippen molar-refractivity contribution in [3.63, 3.8) is 0 Å². The molecule has 0 saturated carbocycles. The van der Waals surface area contributed by atoms with Gasteiger partial charge in [-0.05, 0) is 52.7 Å². The lowest BCUT2D eigenvalue weighted by Gasteiger charge is -2.41. The van der Waals surface area contributed by atoms with E-state index in [1.54, 1.807) is 14.7 Å². The smallest absolute Gasteiger partial charge is 0.249 e. The van der Waals surface area contributed by atoms with E-state index in [4.69, 9.17) is 4.74 Å². The molecule has 0 radical (unpaired) electrons. The number of carbonyl (C=O) groups excluding carboxylic acids is 3. The fourth-order valence-electron chi connectivity index (χ4n) is 6.60. The summed E-state index contributed by atoms with van der Waals surface area (Å²) in [4.78, 5) is 47.8. The molecule has 0 aliphatic carbocycles. The van der Waals surface area contributed by atoms with Gasteiger partial charge in [0.1, 0.15) is 11.6 Å². The first-order valence-electron chi connectivity index (χ1n) is 13.2. The van der Waals surface area contributed by atoms with Crippen LogP contribution in [0.1, 0.15) is 40.5 Å². The molecule has 1 spiro atoms. The zero-order valence-electron chi connectivity index (χ0n) is 22.1. The van der Waals surface area contributed by atoms with Gasteiger partial charge in [-0.25, -0.2) is 0 Å². The molecule has 1 aromatic rings. The quantitative estimate of drug-likeness (QED) is 0.489. The maximum absolute atomic E-state index is 14.2. The maximum atomic E-state index is 14.2. The highest BCUT2D eigenvalue weighted by molar-refractivity contribution is 6.04. The van der Waals surface area contributed by atoms with Crippen molar-refractivity contribution in [2.45, 2.75) is 63.3 Å². The Hall–Kier alpha value is -2.97. The van der Waals surface area contributed by atoms with Crippen LogP contribution < -0.4 is 4.90 Å². The van der Waals surface area contributed by atoms with Crippen molar-refractivity contribution in [3.8, 4) is 0 Å². The zero-order chi connectivity index (χ0) is 26.6. The van der Waals surface area contributed by atoms with Crippen LogP contribution in [-0.2, 0) is 19.1 Å². The number of rotatable bonds is 5. The van der Waals surface area contributed by atoms with Gasteiger partial charge in [-0.1, -0.05) is 42.5 Å². The Balaban J connectivity index is 1.63.